The van der Waals surface area contributed by atoms with Crippen molar-refractivity contribution >= 4 is 11.8 Å². The molecule has 0 aliphatic carbocycles. The quantitative estimate of drug-likeness (QED) is 0.886. The lowest BCUT2D eigenvalue weighted by Crippen LogP contribution is -2.58. The molecule has 9 heteroatoms. The number of nitrogens with one attached hydrogen (secondary N) is 1. The summed E-state index contributed by atoms with van der Waals surface area (Å²) in [4.78, 5) is 28.1. The highest BCUT2D eigenvalue weighted by Gasteiger charge is 2.48. The number of hydrogen-bond donors (Lipinski definition) is 1. The van der Waals surface area contributed by atoms with Gasteiger partial charge in [0.05, 0.1) is 0 Å². The van der Waals surface area contributed by atoms with Crippen LogP contribution in [0, 0.1) is 11.3 Å². The lowest BCUT2D eigenvalue weighted by molar-refractivity contribution is -0.184. The fourth-order valence-electron chi connectivity index (χ4n) is 2.73. The first-order chi connectivity index (χ1) is 11.2. The van der Waals surface area contributed by atoms with Gasteiger partial charge in [0.1, 0.15) is 17.8 Å². The molecule has 1 saturated heterocycles. The van der Waals surface area contributed by atoms with Gasteiger partial charge < -0.3 is 10.2 Å². The highest BCUT2D eigenvalue weighted by molar-refractivity contribution is 5.94. The molecule has 2 amide bonds. The molecule has 24 heavy (non-hydrogen) atoms. The maximum Gasteiger partial charge on any atom is 0.408 e. The number of carbonyl (C=O) groups is 2. The standard InChI is InChI=1S/C15H15F3N4O2/c1-9(23)21-11-2-3-13(15(16,17)18)22(8-11)14(24)10-4-5-20-12(6-10)7-19/h4-6,11,13H,2-3,8H2,1H3,(H,21,23)/t11-,13+/m1/s1. The largest absolute Gasteiger partial charge is 0.408 e. The molecular weight excluding hydrogens is 325 g/mol. The van der Waals surface area contributed by atoms with Crippen LogP contribution in [0.15, 0.2) is 18.3 Å². The zero-order valence-electron chi connectivity index (χ0n) is 12.8. The van der Waals surface area contributed by atoms with Gasteiger partial charge in [-0.25, -0.2) is 4.98 Å². The van der Waals surface area contributed by atoms with Crippen molar-refractivity contribution < 1.29 is 22.8 Å². The van der Waals surface area contributed by atoms with E-state index in [2.05, 4.69) is 10.3 Å². The number of amides is 2. The van der Waals surface area contributed by atoms with Gasteiger partial charge in [0, 0.05) is 31.3 Å². The second-order valence-electron chi connectivity index (χ2n) is 5.53. The second kappa shape index (κ2) is 6.86. The molecule has 1 aliphatic rings. The fourth-order valence-corrected chi connectivity index (χ4v) is 2.73. The van der Waals surface area contributed by atoms with Gasteiger partial charge in [0.2, 0.25) is 5.91 Å². The molecule has 0 radical (unpaired) electrons. The highest BCUT2D eigenvalue weighted by atomic mass is 19.4. The van der Waals surface area contributed by atoms with Crippen molar-refractivity contribution in [3.05, 3.63) is 29.6 Å². The maximum absolute atomic E-state index is 13.3. The summed E-state index contributed by atoms with van der Waals surface area (Å²) < 4.78 is 39.8. The summed E-state index contributed by atoms with van der Waals surface area (Å²) in [6, 6.07) is 1.69. The Labute approximate surface area is 136 Å². The van der Waals surface area contributed by atoms with Gasteiger partial charge in [-0.1, -0.05) is 0 Å². The number of alkyl halides is 3. The Balaban J connectivity index is 2.30. The van der Waals surface area contributed by atoms with Crippen LogP contribution < -0.4 is 5.32 Å². The molecule has 2 rings (SSSR count). The van der Waals surface area contributed by atoms with Gasteiger partial charge in [-0.05, 0) is 25.0 Å². The van der Waals surface area contributed by atoms with Crippen molar-refractivity contribution in [2.75, 3.05) is 6.54 Å². The summed E-state index contributed by atoms with van der Waals surface area (Å²) in [5.74, 6) is -1.21. The molecule has 1 fully saturated rings. The first-order valence-electron chi connectivity index (χ1n) is 7.23. The van der Waals surface area contributed by atoms with Crippen LogP contribution >= 0.6 is 0 Å². The first kappa shape index (κ1) is 17.7. The van der Waals surface area contributed by atoms with Crippen LogP contribution in [0.25, 0.3) is 0 Å². The summed E-state index contributed by atoms with van der Waals surface area (Å²) in [5.41, 5.74) is -0.0981. The molecule has 0 aromatic carbocycles. The Bertz CT molecular complexity index is 684. The molecule has 0 saturated carbocycles. The average Bonchev–Trinajstić information content (AvgIpc) is 2.52. The number of likely N-dealkylation sites (tertiary alicyclic amines) is 1. The van der Waals surface area contributed by atoms with Gasteiger partial charge in [0.25, 0.3) is 5.91 Å². The summed E-state index contributed by atoms with van der Waals surface area (Å²) >= 11 is 0. The van der Waals surface area contributed by atoms with E-state index in [1.54, 1.807) is 6.07 Å². The van der Waals surface area contributed by atoms with Crippen LogP contribution in [0.5, 0.6) is 0 Å². The molecule has 0 spiro atoms. The second-order valence-corrected chi connectivity index (χ2v) is 5.53. The van der Waals surface area contributed by atoms with E-state index in [1.165, 1.54) is 19.2 Å². The smallest absolute Gasteiger partial charge is 0.352 e. The van der Waals surface area contributed by atoms with E-state index in [0.29, 0.717) is 4.90 Å². The number of nitriles is 1. The molecule has 0 unspecified atom stereocenters. The monoisotopic (exact) mass is 340 g/mol. The number of nitrogens with zero attached hydrogens (tertiary/aromatic N) is 3. The number of rotatable bonds is 2. The number of halogens is 3. The van der Waals surface area contributed by atoms with Crippen LogP contribution in [0.3, 0.4) is 0 Å². The SMILES string of the molecule is CC(=O)N[C@@H]1CC[C@@H](C(F)(F)F)N(C(=O)c2ccnc(C#N)c2)C1. The molecular formula is C15H15F3N4O2. The van der Waals surface area contributed by atoms with Gasteiger partial charge in [-0.3, -0.25) is 9.59 Å². The average molecular weight is 340 g/mol. The van der Waals surface area contributed by atoms with Crippen LogP contribution in [-0.4, -0.2) is 46.5 Å². The van der Waals surface area contributed by atoms with Gasteiger partial charge >= 0.3 is 6.18 Å². The van der Waals surface area contributed by atoms with Crippen LogP contribution in [0.4, 0.5) is 13.2 Å². The summed E-state index contributed by atoms with van der Waals surface area (Å²) in [7, 11) is 0. The molecule has 1 aliphatic heterocycles. The summed E-state index contributed by atoms with van der Waals surface area (Å²) in [6.45, 7) is 1.02. The van der Waals surface area contributed by atoms with Crippen LogP contribution in [0.2, 0.25) is 0 Å². The highest BCUT2D eigenvalue weighted by Crippen LogP contribution is 2.33. The van der Waals surface area contributed by atoms with Crippen molar-refractivity contribution in [1.29, 1.82) is 5.26 Å². The van der Waals surface area contributed by atoms with E-state index in [9.17, 15) is 22.8 Å². The van der Waals surface area contributed by atoms with Gasteiger partial charge in [-0.2, -0.15) is 18.4 Å². The van der Waals surface area contributed by atoms with Crippen LogP contribution in [0.1, 0.15) is 35.8 Å². The topological polar surface area (TPSA) is 86.1 Å². The minimum atomic E-state index is -4.57. The van der Waals surface area contributed by atoms with E-state index in [4.69, 9.17) is 5.26 Å². The van der Waals surface area contributed by atoms with E-state index in [0.717, 1.165) is 6.07 Å². The van der Waals surface area contributed by atoms with Gasteiger partial charge in [0.15, 0.2) is 0 Å². The van der Waals surface area contributed by atoms with E-state index < -0.39 is 24.2 Å². The Morgan fingerprint density at radius 1 is 1.42 bits per heavy atom. The van der Waals surface area contributed by atoms with Crippen molar-refractivity contribution in [2.24, 2.45) is 0 Å². The Kier molecular flexibility index (Phi) is 5.07. The number of piperidine rings is 1. The summed E-state index contributed by atoms with van der Waals surface area (Å²) in [6.07, 6.45) is -3.53. The molecule has 1 aromatic heterocycles. The van der Waals surface area contributed by atoms with Crippen molar-refractivity contribution in [1.82, 2.24) is 15.2 Å². The first-order valence-corrected chi connectivity index (χ1v) is 7.23. The molecule has 2 heterocycles. The summed E-state index contributed by atoms with van der Waals surface area (Å²) in [5, 5.41) is 11.4. The van der Waals surface area contributed by atoms with Crippen molar-refractivity contribution in [3.8, 4) is 6.07 Å². The zero-order chi connectivity index (χ0) is 17.9. The lowest BCUT2D eigenvalue weighted by atomic mass is 9.96. The minimum absolute atomic E-state index is 0.0423. The maximum atomic E-state index is 13.3. The Hall–Kier alpha value is -2.63. The zero-order valence-corrected chi connectivity index (χ0v) is 12.8. The molecule has 2 atom stereocenters. The molecule has 1 aromatic rings. The third kappa shape index (κ3) is 4.01. The molecule has 1 N–H and O–H groups in total. The third-order valence-electron chi connectivity index (χ3n) is 3.75. The Morgan fingerprint density at radius 2 is 2.12 bits per heavy atom. The molecule has 6 nitrogen and oxygen atoms in total. The van der Waals surface area contributed by atoms with Crippen LogP contribution in [-0.2, 0) is 4.79 Å². The minimum Gasteiger partial charge on any atom is -0.352 e. The van der Waals surface area contributed by atoms with Gasteiger partial charge in [-0.15, -0.1) is 0 Å². The fraction of sp³-hybridized carbons (Fsp3) is 0.467. The number of aromatic nitrogens is 1. The van der Waals surface area contributed by atoms with Crippen molar-refractivity contribution in [3.63, 3.8) is 0 Å². The van der Waals surface area contributed by atoms with E-state index in [1.807, 2.05) is 0 Å². The Morgan fingerprint density at radius 3 is 2.71 bits per heavy atom. The normalized spacial score (nSPS) is 21.0. The molecule has 0 bridgehead atoms. The van der Waals surface area contributed by atoms with E-state index >= 15 is 0 Å². The van der Waals surface area contributed by atoms with Crippen molar-refractivity contribution in [2.45, 2.75) is 38.0 Å². The molecule has 128 valence electrons. The van der Waals surface area contributed by atoms with E-state index in [-0.39, 0.29) is 36.6 Å². The predicted molar refractivity (Wildman–Crippen MR) is 76.7 cm³/mol. The third-order valence-corrected chi connectivity index (χ3v) is 3.75. The number of carbonyl (C=O) groups excluding carboxylic acids is 2. The predicted octanol–water partition coefficient (Wildman–Crippen LogP) is 1.62. The lowest BCUT2D eigenvalue weighted by Gasteiger charge is -2.40. The number of pyridine rings is 1. The number of hydrogen-bond acceptors (Lipinski definition) is 4.